The molecule has 2 heterocycles. The molecule has 5 heteroatoms. The fourth-order valence-electron chi connectivity index (χ4n) is 0.869. The van der Waals surface area contributed by atoms with Crippen LogP contribution in [0.15, 0.2) is 24.5 Å². The summed E-state index contributed by atoms with van der Waals surface area (Å²) in [6.07, 6.45) is 1.35. The summed E-state index contributed by atoms with van der Waals surface area (Å²) in [5, 5.41) is 6.22. The van der Waals surface area contributed by atoms with Gasteiger partial charge in [-0.15, -0.1) is 0 Å². The summed E-state index contributed by atoms with van der Waals surface area (Å²) >= 11 is 0. The molecule has 0 saturated carbocycles. The van der Waals surface area contributed by atoms with Gasteiger partial charge < -0.3 is 0 Å². The highest BCUT2D eigenvalue weighted by molar-refractivity contribution is 5.46. The molecule has 0 atom stereocenters. The molecule has 0 aromatic carbocycles. The Bertz CT molecular complexity index is 371. The van der Waals surface area contributed by atoms with Gasteiger partial charge in [-0.3, -0.25) is 5.10 Å². The minimum absolute atomic E-state index is 0.451. The van der Waals surface area contributed by atoms with Gasteiger partial charge in [0.05, 0.1) is 0 Å². The third-order valence-electron chi connectivity index (χ3n) is 1.37. The molecule has 0 aliphatic carbocycles. The SMILES string of the molecule is Fc1cccc(-c2ncn[nH]2)n1. The Hall–Kier alpha value is -1.78. The Kier molecular flexibility index (Phi) is 1.55. The molecule has 0 fully saturated rings. The summed E-state index contributed by atoms with van der Waals surface area (Å²) in [6.45, 7) is 0. The van der Waals surface area contributed by atoms with Gasteiger partial charge >= 0.3 is 0 Å². The molecule has 0 aliphatic rings. The second-order valence-corrected chi connectivity index (χ2v) is 2.18. The number of hydrogen-bond donors (Lipinski definition) is 1. The molecule has 12 heavy (non-hydrogen) atoms. The second kappa shape index (κ2) is 2.69. The molecule has 0 unspecified atom stereocenters. The van der Waals surface area contributed by atoms with E-state index in [1.807, 2.05) is 0 Å². The van der Waals surface area contributed by atoms with Crippen LogP contribution in [0, 0.1) is 5.95 Å². The van der Waals surface area contributed by atoms with Crippen LogP contribution in [-0.2, 0) is 0 Å². The number of nitrogens with zero attached hydrogens (tertiary/aromatic N) is 3. The van der Waals surface area contributed by atoms with Crippen molar-refractivity contribution in [3.8, 4) is 11.5 Å². The molecular formula is C7H5FN4. The average molecular weight is 164 g/mol. The number of nitrogens with one attached hydrogen (secondary N) is 1. The third kappa shape index (κ3) is 1.16. The van der Waals surface area contributed by atoms with Crippen molar-refractivity contribution in [2.75, 3.05) is 0 Å². The molecule has 2 aromatic heterocycles. The van der Waals surface area contributed by atoms with Crippen LogP contribution < -0.4 is 0 Å². The van der Waals surface area contributed by atoms with E-state index in [-0.39, 0.29) is 0 Å². The lowest BCUT2D eigenvalue weighted by molar-refractivity contribution is 0.585. The lowest BCUT2D eigenvalue weighted by Crippen LogP contribution is -1.88. The van der Waals surface area contributed by atoms with Crippen LogP contribution in [0.5, 0.6) is 0 Å². The Labute approximate surface area is 67.5 Å². The van der Waals surface area contributed by atoms with E-state index < -0.39 is 5.95 Å². The van der Waals surface area contributed by atoms with E-state index in [0.717, 1.165) is 0 Å². The average Bonchev–Trinajstić information content (AvgIpc) is 2.56. The maximum atomic E-state index is 12.6. The Balaban J connectivity index is 2.48. The summed E-state index contributed by atoms with van der Waals surface area (Å²) in [7, 11) is 0. The number of pyridine rings is 1. The van der Waals surface area contributed by atoms with Crippen molar-refractivity contribution in [2.45, 2.75) is 0 Å². The zero-order chi connectivity index (χ0) is 8.39. The number of H-pyrrole nitrogens is 1. The van der Waals surface area contributed by atoms with E-state index in [0.29, 0.717) is 11.5 Å². The van der Waals surface area contributed by atoms with E-state index in [1.54, 1.807) is 12.1 Å². The van der Waals surface area contributed by atoms with Crippen LogP contribution in [0.4, 0.5) is 4.39 Å². The van der Waals surface area contributed by atoms with Crippen molar-refractivity contribution in [1.29, 1.82) is 0 Å². The minimum atomic E-state index is -0.524. The summed E-state index contributed by atoms with van der Waals surface area (Å²) in [5.41, 5.74) is 0.451. The predicted octanol–water partition coefficient (Wildman–Crippen LogP) is 1.01. The highest BCUT2D eigenvalue weighted by Gasteiger charge is 2.01. The third-order valence-corrected chi connectivity index (χ3v) is 1.37. The predicted molar refractivity (Wildman–Crippen MR) is 39.6 cm³/mol. The summed E-state index contributed by atoms with van der Waals surface area (Å²) in [4.78, 5) is 7.45. The molecule has 60 valence electrons. The van der Waals surface area contributed by atoms with Crippen LogP contribution in [-0.4, -0.2) is 20.2 Å². The highest BCUT2D eigenvalue weighted by Crippen LogP contribution is 2.09. The fraction of sp³-hybridized carbons (Fsp3) is 0. The monoisotopic (exact) mass is 164 g/mol. The summed E-state index contributed by atoms with van der Waals surface area (Å²) in [5.74, 6) is -0.0570. The van der Waals surface area contributed by atoms with Gasteiger partial charge in [0.2, 0.25) is 5.95 Å². The van der Waals surface area contributed by atoms with Crippen LogP contribution in [0.25, 0.3) is 11.5 Å². The first-order chi connectivity index (χ1) is 5.86. The molecule has 0 amide bonds. The van der Waals surface area contributed by atoms with Crippen LogP contribution in [0.1, 0.15) is 0 Å². The van der Waals surface area contributed by atoms with E-state index in [9.17, 15) is 4.39 Å². The maximum Gasteiger partial charge on any atom is 0.213 e. The first-order valence-corrected chi connectivity index (χ1v) is 3.34. The van der Waals surface area contributed by atoms with Gasteiger partial charge in [0.25, 0.3) is 0 Å². The molecule has 0 aliphatic heterocycles. The molecular weight excluding hydrogens is 159 g/mol. The van der Waals surface area contributed by atoms with Crippen molar-refractivity contribution >= 4 is 0 Å². The van der Waals surface area contributed by atoms with Crippen molar-refractivity contribution in [3.63, 3.8) is 0 Å². The molecule has 1 N–H and O–H groups in total. The largest absolute Gasteiger partial charge is 0.258 e. The summed E-state index contributed by atoms with van der Waals surface area (Å²) in [6, 6.07) is 4.50. The first-order valence-electron chi connectivity index (χ1n) is 3.34. The van der Waals surface area contributed by atoms with Crippen molar-refractivity contribution < 1.29 is 4.39 Å². The standard InChI is InChI=1S/C7H5FN4/c8-6-3-1-2-5(11-6)7-9-4-10-12-7/h1-4H,(H,9,10,12). The lowest BCUT2D eigenvalue weighted by Gasteiger charge is -1.92. The van der Waals surface area contributed by atoms with Crippen LogP contribution in [0.2, 0.25) is 0 Å². The smallest absolute Gasteiger partial charge is 0.213 e. The zero-order valence-corrected chi connectivity index (χ0v) is 6.03. The molecule has 4 nitrogen and oxygen atoms in total. The van der Waals surface area contributed by atoms with Gasteiger partial charge in [-0.1, -0.05) is 6.07 Å². The number of hydrogen-bond acceptors (Lipinski definition) is 3. The summed E-state index contributed by atoms with van der Waals surface area (Å²) < 4.78 is 12.6. The van der Waals surface area contributed by atoms with Crippen molar-refractivity contribution in [3.05, 3.63) is 30.5 Å². The molecule has 2 rings (SSSR count). The first kappa shape index (κ1) is 6.90. The Morgan fingerprint density at radius 2 is 2.25 bits per heavy atom. The molecule has 2 aromatic rings. The molecule has 0 radical (unpaired) electrons. The Morgan fingerprint density at radius 1 is 1.33 bits per heavy atom. The van der Waals surface area contributed by atoms with Gasteiger partial charge in [-0.25, -0.2) is 9.97 Å². The van der Waals surface area contributed by atoms with E-state index in [4.69, 9.17) is 0 Å². The van der Waals surface area contributed by atoms with E-state index >= 15 is 0 Å². The topological polar surface area (TPSA) is 54.5 Å². The fourth-order valence-corrected chi connectivity index (χ4v) is 0.869. The van der Waals surface area contributed by atoms with Gasteiger partial charge in [0.15, 0.2) is 5.82 Å². The maximum absolute atomic E-state index is 12.6. The second-order valence-electron chi connectivity index (χ2n) is 2.18. The lowest BCUT2D eigenvalue weighted by atomic mass is 10.3. The number of halogens is 1. The van der Waals surface area contributed by atoms with Crippen molar-refractivity contribution in [1.82, 2.24) is 20.2 Å². The molecule has 0 bridgehead atoms. The van der Waals surface area contributed by atoms with Gasteiger partial charge in [0.1, 0.15) is 12.0 Å². The quantitative estimate of drug-likeness (QED) is 0.640. The minimum Gasteiger partial charge on any atom is -0.258 e. The van der Waals surface area contributed by atoms with Gasteiger partial charge in [-0.2, -0.15) is 9.49 Å². The van der Waals surface area contributed by atoms with E-state index in [1.165, 1.54) is 12.4 Å². The van der Waals surface area contributed by atoms with Gasteiger partial charge in [-0.05, 0) is 12.1 Å². The molecule has 0 saturated heterocycles. The van der Waals surface area contributed by atoms with Crippen LogP contribution in [0.3, 0.4) is 0 Å². The van der Waals surface area contributed by atoms with Crippen molar-refractivity contribution in [2.24, 2.45) is 0 Å². The highest BCUT2D eigenvalue weighted by atomic mass is 19.1. The number of rotatable bonds is 1. The zero-order valence-electron chi connectivity index (χ0n) is 6.03. The normalized spacial score (nSPS) is 10.1. The number of aromatic nitrogens is 4. The van der Waals surface area contributed by atoms with Gasteiger partial charge in [0, 0.05) is 0 Å². The molecule has 0 spiro atoms. The van der Waals surface area contributed by atoms with Crippen LogP contribution >= 0.6 is 0 Å². The van der Waals surface area contributed by atoms with E-state index in [2.05, 4.69) is 20.2 Å². The Morgan fingerprint density at radius 3 is 2.92 bits per heavy atom. The number of aromatic amines is 1.